The van der Waals surface area contributed by atoms with Crippen LogP contribution in [0, 0.1) is 5.41 Å². The van der Waals surface area contributed by atoms with Gasteiger partial charge in [-0.3, -0.25) is 14.4 Å². The van der Waals surface area contributed by atoms with Crippen LogP contribution < -0.4 is 10.6 Å². The van der Waals surface area contributed by atoms with E-state index in [1.165, 1.54) is 0 Å². The topological polar surface area (TPSA) is 78.5 Å². The summed E-state index contributed by atoms with van der Waals surface area (Å²) in [7, 11) is 0. The number of likely N-dealkylation sites (N-methyl/N-ethyl adjacent to an activating group) is 1. The molecule has 6 heteroatoms. The third-order valence-corrected chi connectivity index (χ3v) is 3.35. The Morgan fingerprint density at radius 1 is 1.19 bits per heavy atom. The number of nitrogens with zero attached hydrogens (tertiary/aromatic N) is 1. The molecule has 0 spiro atoms. The maximum absolute atomic E-state index is 12.3. The van der Waals surface area contributed by atoms with E-state index in [4.69, 9.17) is 0 Å². The van der Waals surface area contributed by atoms with Crippen LogP contribution in [0.15, 0.2) is 0 Å². The number of carbonyl (C=O) groups excluding carboxylic acids is 3. The molecule has 120 valence electrons. The summed E-state index contributed by atoms with van der Waals surface area (Å²) in [6, 6.07) is -0.436. The predicted molar refractivity (Wildman–Crippen MR) is 80.5 cm³/mol. The summed E-state index contributed by atoms with van der Waals surface area (Å²) in [6.45, 7) is 8.96. The molecule has 6 nitrogen and oxygen atoms in total. The van der Waals surface area contributed by atoms with E-state index in [0.717, 1.165) is 6.42 Å². The average molecular weight is 297 g/mol. The zero-order valence-electron chi connectivity index (χ0n) is 13.5. The zero-order valence-corrected chi connectivity index (χ0v) is 13.5. The van der Waals surface area contributed by atoms with Gasteiger partial charge >= 0.3 is 0 Å². The van der Waals surface area contributed by atoms with Gasteiger partial charge in [-0.25, -0.2) is 0 Å². The molecule has 21 heavy (non-hydrogen) atoms. The second-order valence-electron chi connectivity index (χ2n) is 6.65. The highest BCUT2D eigenvalue weighted by Crippen LogP contribution is 2.24. The fourth-order valence-electron chi connectivity index (χ4n) is 2.44. The van der Waals surface area contributed by atoms with Crippen LogP contribution in [0.4, 0.5) is 0 Å². The van der Waals surface area contributed by atoms with E-state index in [1.54, 1.807) is 4.90 Å². The van der Waals surface area contributed by atoms with E-state index in [-0.39, 0.29) is 29.7 Å². The molecule has 0 aromatic heterocycles. The summed E-state index contributed by atoms with van der Waals surface area (Å²) in [4.78, 5) is 37.4. The fraction of sp³-hybridized carbons (Fsp3) is 0.800. The van der Waals surface area contributed by atoms with Crippen LogP contribution in [0.3, 0.4) is 0 Å². The van der Waals surface area contributed by atoms with Gasteiger partial charge in [0.2, 0.25) is 17.7 Å². The number of amides is 3. The van der Waals surface area contributed by atoms with E-state index in [0.29, 0.717) is 25.9 Å². The lowest BCUT2D eigenvalue weighted by molar-refractivity contribution is -0.140. The molecule has 0 bridgehead atoms. The Hall–Kier alpha value is -1.59. The van der Waals surface area contributed by atoms with Crippen molar-refractivity contribution in [2.24, 2.45) is 5.41 Å². The van der Waals surface area contributed by atoms with E-state index >= 15 is 0 Å². The van der Waals surface area contributed by atoms with Crippen LogP contribution in [0.5, 0.6) is 0 Å². The third kappa shape index (κ3) is 5.73. The third-order valence-electron chi connectivity index (χ3n) is 3.35. The van der Waals surface area contributed by atoms with E-state index in [9.17, 15) is 14.4 Å². The second kappa shape index (κ2) is 7.43. The summed E-state index contributed by atoms with van der Waals surface area (Å²) in [6.07, 6.45) is 1.92. The van der Waals surface area contributed by atoms with Crippen molar-refractivity contribution in [3.8, 4) is 0 Å². The first-order valence-corrected chi connectivity index (χ1v) is 7.58. The molecule has 1 fully saturated rings. The van der Waals surface area contributed by atoms with E-state index < -0.39 is 6.04 Å². The smallest absolute Gasteiger partial charge is 0.243 e. The minimum absolute atomic E-state index is 0.0122. The second-order valence-corrected chi connectivity index (χ2v) is 6.65. The fourth-order valence-corrected chi connectivity index (χ4v) is 2.44. The summed E-state index contributed by atoms with van der Waals surface area (Å²) < 4.78 is 0. The summed E-state index contributed by atoms with van der Waals surface area (Å²) in [5.41, 5.74) is -0.0955. The van der Waals surface area contributed by atoms with Gasteiger partial charge in [-0.2, -0.15) is 0 Å². The van der Waals surface area contributed by atoms with E-state index in [2.05, 4.69) is 10.6 Å². The number of nitrogens with one attached hydrogen (secondary N) is 2. The molecule has 0 aliphatic carbocycles. The molecular formula is C15H27N3O3. The van der Waals surface area contributed by atoms with Gasteiger partial charge < -0.3 is 15.5 Å². The highest BCUT2D eigenvalue weighted by molar-refractivity contribution is 5.91. The lowest BCUT2D eigenvalue weighted by atomic mass is 9.91. The Labute approximate surface area is 126 Å². The monoisotopic (exact) mass is 297 g/mol. The van der Waals surface area contributed by atoms with Gasteiger partial charge in [0.1, 0.15) is 6.04 Å². The molecule has 2 N–H and O–H groups in total. The molecule has 0 radical (unpaired) electrons. The number of hydrogen-bond acceptors (Lipinski definition) is 3. The van der Waals surface area contributed by atoms with Crippen LogP contribution in [-0.4, -0.2) is 48.3 Å². The van der Waals surface area contributed by atoms with Gasteiger partial charge in [-0.15, -0.1) is 0 Å². The number of likely N-dealkylation sites (tertiary alicyclic amines) is 1. The molecule has 1 aliphatic heterocycles. The normalized spacial score (nSPS) is 18.5. The first kappa shape index (κ1) is 17.5. The van der Waals surface area contributed by atoms with Crippen molar-refractivity contribution in [2.75, 3.05) is 19.6 Å². The molecule has 1 heterocycles. The van der Waals surface area contributed by atoms with Crippen LogP contribution in [0.1, 0.15) is 47.0 Å². The van der Waals surface area contributed by atoms with Crippen molar-refractivity contribution in [1.82, 2.24) is 15.5 Å². The highest BCUT2D eigenvalue weighted by atomic mass is 16.2. The quantitative estimate of drug-likeness (QED) is 0.782. The minimum Gasteiger partial charge on any atom is -0.355 e. The first-order valence-electron chi connectivity index (χ1n) is 7.58. The standard InChI is InChI=1S/C15H27N3O3/c1-5-16-12(19)10-17-14(21)11-7-6-8-18(11)13(20)9-15(2,3)4/h11H,5-10H2,1-4H3,(H,16,19)(H,17,21)/t11-/m0/s1. The van der Waals surface area contributed by atoms with Gasteiger partial charge in [0.25, 0.3) is 0 Å². The Balaban J connectivity index is 2.54. The van der Waals surface area contributed by atoms with Crippen LogP contribution in [-0.2, 0) is 14.4 Å². The molecule has 0 aromatic rings. The molecular weight excluding hydrogens is 270 g/mol. The van der Waals surface area contributed by atoms with Gasteiger partial charge in [0.15, 0.2) is 0 Å². The van der Waals surface area contributed by atoms with Crippen molar-refractivity contribution in [2.45, 2.75) is 53.0 Å². The molecule has 1 atom stereocenters. The zero-order chi connectivity index (χ0) is 16.0. The van der Waals surface area contributed by atoms with Gasteiger partial charge in [0, 0.05) is 19.5 Å². The molecule has 3 amide bonds. The van der Waals surface area contributed by atoms with E-state index in [1.807, 2.05) is 27.7 Å². The minimum atomic E-state index is -0.436. The Morgan fingerprint density at radius 2 is 1.86 bits per heavy atom. The maximum atomic E-state index is 12.3. The maximum Gasteiger partial charge on any atom is 0.243 e. The Kier molecular flexibility index (Phi) is 6.18. The van der Waals surface area contributed by atoms with Crippen LogP contribution in [0.25, 0.3) is 0 Å². The van der Waals surface area contributed by atoms with Gasteiger partial charge in [-0.1, -0.05) is 20.8 Å². The summed E-state index contributed by atoms with van der Waals surface area (Å²) >= 11 is 0. The highest BCUT2D eigenvalue weighted by Gasteiger charge is 2.35. The van der Waals surface area contributed by atoms with Crippen LogP contribution in [0.2, 0.25) is 0 Å². The molecule has 1 saturated heterocycles. The summed E-state index contributed by atoms with van der Waals surface area (Å²) in [5.74, 6) is -0.435. The molecule has 0 aromatic carbocycles. The Morgan fingerprint density at radius 3 is 2.43 bits per heavy atom. The Bertz CT molecular complexity index is 401. The van der Waals surface area contributed by atoms with Crippen molar-refractivity contribution in [3.63, 3.8) is 0 Å². The molecule has 0 unspecified atom stereocenters. The molecule has 1 aliphatic rings. The lowest BCUT2D eigenvalue weighted by Gasteiger charge is -2.27. The lowest BCUT2D eigenvalue weighted by Crippen LogP contribution is -2.48. The molecule has 1 rings (SSSR count). The number of rotatable bonds is 5. The molecule has 0 saturated carbocycles. The first-order chi connectivity index (χ1) is 9.74. The van der Waals surface area contributed by atoms with Gasteiger partial charge in [-0.05, 0) is 25.2 Å². The SMILES string of the molecule is CCNC(=O)CNC(=O)[C@@H]1CCCN1C(=O)CC(C)(C)C. The van der Waals surface area contributed by atoms with Crippen molar-refractivity contribution in [3.05, 3.63) is 0 Å². The van der Waals surface area contributed by atoms with Crippen molar-refractivity contribution < 1.29 is 14.4 Å². The largest absolute Gasteiger partial charge is 0.355 e. The van der Waals surface area contributed by atoms with Crippen molar-refractivity contribution in [1.29, 1.82) is 0 Å². The van der Waals surface area contributed by atoms with Gasteiger partial charge in [0.05, 0.1) is 6.54 Å². The van der Waals surface area contributed by atoms with Crippen LogP contribution >= 0.6 is 0 Å². The summed E-state index contributed by atoms with van der Waals surface area (Å²) in [5, 5.41) is 5.23. The number of hydrogen-bond donors (Lipinski definition) is 2. The average Bonchev–Trinajstić information content (AvgIpc) is 2.83. The van der Waals surface area contributed by atoms with Crippen molar-refractivity contribution >= 4 is 17.7 Å². The number of carbonyl (C=O) groups is 3. The predicted octanol–water partition coefficient (Wildman–Crippen LogP) is 0.666.